The molecule has 2 nitrogen and oxygen atoms in total. The van der Waals surface area contributed by atoms with Crippen molar-refractivity contribution in [3.05, 3.63) is 34.9 Å². The molecule has 1 aromatic carbocycles. The van der Waals surface area contributed by atoms with Gasteiger partial charge in [-0.25, -0.2) is 0 Å². The number of benzene rings is 1. The fraction of sp³-hybridized carbons (Fsp3) is 0.647. The van der Waals surface area contributed by atoms with Crippen molar-refractivity contribution in [2.75, 3.05) is 13.1 Å². The summed E-state index contributed by atoms with van der Waals surface area (Å²) >= 11 is 5.97. The van der Waals surface area contributed by atoms with Gasteiger partial charge in [-0.05, 0) is 49.8 Å². The van der Waals surface area contributed by atoms with Gasteiger partial charge in [0.2, 0.25) is 0 Å². The first-order valence-electron chi connectivity index (χ1n) is 7.66. The van der Waals surface area contributed by atoms with Gasteiger partial charge in [0.1, 0.15) is 0 Å². The molecule has 2 rings (SSSR count). The second-order valence-electron chi connectivity index (χ2n) is 6.78. The summed E-state index contributed by atoms with van der Waals surface area (Å²) in [5, 5.41) is 0.796. The van der Waals surface area contributed by atoms with E-state index in [9.17, 15) is 0 Å². The molecule has 1 unspecified atom stereocenters. The van der Waals surface area contributed by atoms with E-state index in [2.05, 4.69) is 37.8 Å². The summed E-state index contributed by atoms with van der Waals surface area (Å²) in [6, 6.07) is 8.92. The molecule has 0 spiro atoms. The number of hydrogen-bond acceptors (Lipinski definition) is 2. The summed E-state index contributed by atoms with van der Waals surface area (Å²) in [5.74, 6) is 0.673. The van der Waals surface area contributed by atoms with Crippen molar-refractivity contribution in [3.63, 3.8) is 0 Å². The molecule has 1 atom stereocenters. The highest BCUT2D eigenvalue weighted by molar-refractivity contribution is 6.30. The maximum Gasteiger partial charge on any atom is 0.0406 e. The first kappa shape index (κ1) is 15.8. The van der Waals surface area contributed by atoms with E-state index in [1.165, 1.54) is 18.4 Å². The van der Waals surface area contributed by atoms with Gasteiger partial charge in [0.25, 0.3) is 0 Å². The van der Waals surface area contributed by atoms with E-state index in [-0.39, 0.29) is 5.54 Å². The fourth-order valence-electron chi connectivity index (χ4n) is 2.92. The first-order valence-corrected chi connectivity index (χ1v) is 8.03. The first-order chi connectivity index (χ1) is 9.44. The molecule has 20 heavy (non-hydrogen) atoms. The number of nitrogens with two attached hydrogens (primary N) is 1. The summed E-state index contributed by atoms with van der Waals surface area (Å²) in [6.45, 7) is 8.70. The Bertz CT molecular complexity index is 425. The Balaban J connectivity index is 2.15. The van der Waals surface area contributed by atoms with Crippen LogP contribution in [0.4, 0.5) is 0 Å². The van der Waals surface area contributed by atoms with Crippen LogP contribution in [0.15, 0.2) is 24.3 Å². The zero-order valence-electron chi connectivity index (χ0n) is 12.9. The maximum absolute atomic E-state index is 6.16. The molecule has 0 aromatic heterocycles. The molecule has 0 radical (unpaired) electrons. The molecular formula is C17H27ClN2. The van der Waals surface area contributed by atoms with E-state index < -0.39 is 0 Å². The van der Waals surface area contributed by atoms with Gasteiger partial charge in [-0.15, -0.1) is 0 Å². The van der Waals surface area contributed by atoms with E-state index in [0.29, 0.717) is 12.5 Å². The largest absolute Gasteiger partial charge is 0.329 e. The predicted molar refractivity (Wildman–Crippen MR) is 87.2 cm³/mol. The van der Waals surface area contributed by atoms with Gasteiger partial charge in [0.15, 0.2) is 0 Å². The quantitative estimate of drug-likeness (QED) is 0.830. The molecule has 0 amide bonds. The molecule has 1 aliphatic rings. The van der Waals surface area contributed by atoms with Crippen LogP contribution in [0.5, 0.6) is 0 Å². The lowest BCUT2D eigenvalue weighted by Gasteiger charge is -2.42. The second kappa shape index (κ2) is 6.46. The number of hydrogen-bond donors (Lipinski definition) is 1. The standard InChI is InChI=1S/C17H27ClN2/c1-13(2)11-20(16-8-9-16)17(3,12-19)10-14-4-6-15(18)7-5-14/h4-7,13,16H,8-12,19H2,1-3H3. The molecule has 1 aliphatic carbocycles. The Morgan fingerprint density at radius 3 is 2.35 bits per heavy atom. The Labute approximate surface area is 128 Å². The van der Waals surface area contributed by atoms with Crippen molar-refractivity contribution in [1.29, 1.82) is 0 Å². The molecule has 0 saturated heterocycles. The van der Waals surface area contributed by atoms with Gasteiger partial charge in [0, 0.05) is 29.7 Å². The Kier molecular flexibility index (Phi) is 5.11. The molecule has 112 valence electrons. The lowest BCUT2D eigenvalue weighted by molar-refractivity contribution is 0.0863. The fourth-order valence-corrected chi connectivity index (χ4v) is 3.05. The zero-order chi connectivity index (χ0) is 14.8. The van der Waals surface area contributed by atoms with Crippen LogP contribution in [-0.2, 0) is 6.42 Å². The number of nitrogens with zero attached hydrogens (tertiary/aromatic N) is 1. The summed E-state index contributed by atoms with van der Waals surface area (Å²) in [4.78, 5) is 2.65. The van der Waals surface area contributed by atoms with Crippen LogP contribution in [0.3, 0.4) is 0 Å². The van der Waals surface area contributed by atoms with Gasteiger partial charge in [0.05, 0.1) is 0 Å². The third-order valence-corrected chi connectivity index (χ3v) is 4.43. The molecular weight excluding hydrogens is 268 g/mol. The minimum absolute atomic E-state index is 0.0409. The maximum atomic E-state index is 6.16. The average Bonchev–Trinajstić information content (AvgIpc) is 3.22. The van der Waals surface area contributed by atoms with E-state index >= 15 is 0 Å². The third kappa shape index (κ3) is 3.97. The van der Waals surface area contributed by atoms with Crippen LogP contribution in [0.25, 0.3) is 0 Å². The normalized spacial score (nSPS) is 18.6. The molecule has 1 aromatic rings. The van der Waals surface area contributed by atoms with Gasteiger partial charge in [-0.2, -0.15) is 0 Å². The van der Waals surface area contributed by atoms with Crippen LogP contribution in [0, 0.1) is 5.92 Å². The summed E-state index contributed by atoms with van der Waals surface area (Å²) < 4.78 is 0. The average molecular weight is 295 g/mol. The molecule has 0 aliphatic heterocycles. The molecule has 2 N–H and O–H groups in total. The lowest BCUT2D eigenvalue weighted by atomic mass is 9.89. The highest BCUT2D eigenvalue weighted by atomic mass is 35.5. The van der Waals surface area contributed by atoms with Crippen molar-refractivity contribution < 1.29 is 0 Å². The molecule has 3 heteroatoms. The molecule has 1 fully saturated rings. The molecule has 0 heterocycles. The van der Waals surface area contributed by atoms with Crippen molar-refractivity contribution in [2.45, 2.75) is 51.6 Å². The van der Waals surface area contributed by atoms with Crippen LogP contribution >= 0.6 is 11.6 Å². The van der Waals surface area contributed by atoms with Crippen molar-refractivity contribution in [3.8, 4) is 0 Å². The number of rotatable bonds is 7. The van der Waals surface area contributed by atoms with Gasteiger partial charge >= 0.3 is 0 Å². The van der Waals surface area contributed by atoms with Gasteiger partial charge < -0.3 is 5.73 Å². The highest BCUT2D eigenvalue weighted by Gasteiger charge is 2.40. The highest BCUT2D eigenvalue weighted by Crippen LogP contribution is 2.35. The number of halogens is 1. The molecule has 0 bridgehead atoms. The minimum atomic E-state index is 0.0409. The SMILES string of the molecule is CC(C)CN(C1CC1)C(C)(CN)Cc1ccc(Cl)cc1. The Morgan fingerprint density at radius 2 is 1.90 bits per heavy atom. The molecule has 1 saturated carbocycles. The van der Waals surface area contributed by atoms with Gasteiger partial charge in [-0.3, -0.25) is 4.90 Å². The van der Waals surface area contributed by atoms with Crippen LogP contribution < -0.4 is 5.73 Å². The van der Waals surface area contributed by atoms with E-state index in [4.69, 9.17) is 17.3 Å². The van der Waals surface area contributed by atoms with Gasteiger partial charge in [-0.1, -0.05) is 37.6 Å². The zero-order valence-corrected chi connectivity index (χ0v) is 13.7. The van der Waals surface area contributed by atoms with Crippen molar-refractivity contribution in [1.82, 2.24) is 4.90 Å². The Hall–Kier alpha value is -0.570. The predicted octanol–water partition coefficient (Wildman–Crippen LogP) is 3.72. The van der Waals surface area contributed by atoms with Crippen molar-refractivity contribution in [2.24, 2.45) is 11.7 Å². The van der Waals surface area contributed by atoms with Crippen LogP contribution in [0.1, 0.15) is 39.2 Å². The summed E-state index contributed by atoms with van der Waals surface area (Å²) in [7, 11) is 0. The topological polar surface area (TPSA) is 29.3 Å². The minimum Gasteiger partial charge on any atom is -0.329 e. The lowest BCUT2D eigenvalue weighted by Crippen LogP contribution is -2.55. The third-order valence-electron chi connectivity index (χ3n) is 4.18. The Morgan fingerprint density at radius 1 is 1.30 bits per heavy atom. The van der Waals surface area contributed by atoms with Crippen molar-refractivity contribution >= 4 is 11.6 Å². The summed E-state index contributed by atoms with van der Waals surface area (Å²) in [6.07, 6.45) is 3.63. The summed E-state index contributed by atoms with van der Waals surface area (Å²) in [5.41, 5.74) is 7.52. The van der Waals surface area contributed by atoms with E-state index in [1.54, 1.807) is 0 Å². The van der Waals surface area contributed by atoms with Crippen LogP contribution in [-0.4, -0.2) is 29.6 Å². The van der Waals surface area contributed by atoms with E-state index in [0.717, 1.165) is 24.0 Å². The second-order valence-corrected chi connectivity index (χ2v) is 7.22. The monoisotopic (exact) mass is 294 g/mol. The van der Waals surface area contributed by atoms with Crippen LogP contribution in [0.2, 0.25) is 5.02 Å². The van der Waals surface area contributed by atoms with E-state index in [1.807, 2.05) is 12.1 Å². The smallest absolute Gasteiger partial charge is 0.0406 e.